The number of hydrogen-bond donors (Lipinski definition) is 2. The van der Waals surface area contributed by atoms with Gasteiger partial charge in [-0.15, -0.1) is 0 Å². The lowest BCUT2D eigenvalue weighted by Crippen LogP contribution is -2.46. The molecule has 1 saturated heterocycles. The van der Waals surface area contributed by atoms with Crippen molar-refractivity contribution in [3.63, 3.8) is 0 Å². The minimum atomic E-state index is -0.351. The first-order valence-corrected chi connectivity index (χ1v) is 5.66. The first-order valence-electron chi connectivity index (χ1n) is 5.66. The molecule has 1 aliphatic rings. The Kier molecular flexibility index (Phi) is 4.59. The molecule has 0 aromatic rings. The summed E-state index contributed by atoms with van der Waals surface area (Å²) in [7, 11) is 0. The summed E-state index contributed by atoms with van der Waals surface area (Å²) >= 11 is 0. The summed E-state index contributed by atoms with van der Waals surface area (Å²) in [6.45, 7) is 4.78. The predicted molar refractivity (Wildman–Crippen MR) is 58.2 cm³/mol. The number of carbonyl (C=O) groups excluding carboxylic acids is 2. The Morgan fingerprint density at radius 3 is 2.73 bits per heavy atom. The lowest BCUT2D eigenvalue weighted by atomic mass is 10.0. The van der Waals surface area contributed by atoms with Gasteiger partial charge in [0.15, 0.2) is 0 Å². The Balaban J connectivity index is 2.60. The molecule has 1 rings (SSSR count). The molecule has 1 heterocycles. The summed E-state index contributed by atoms with van der Waals surface area (Å²) in [4.78, 5) is 23.1. The largest absolute Gasteiger partial charge is 0.354 e. The second kappa shape index (κ2) is 5.73. The lowest BCUT2D eigenvalue weighted by Gasteiger charge is -2.18. The molecule has 4 heteroatoms. The smallest absolute Gasteiger partial charge is 0.242 e. The van der Waals surface area contributed by atoms with E-state index in [4.69, 9.17) is 0 Å². The number of hydrogen-bond acceptors (Lipinski definition) is 2. The number of amides is 2. The number of nitrogens with one attached hydrogen (secondary N) is 2. The van der Waals surface area contributed by atoms with Gasteiger partial charge in [-0.3, -0.25) is 9.59 Å². The monoisotopic (exact) mass is 212 g/mol. The molecular weight excluding hydrogens is 192 g/mol. The van der Waals surface area contributed by atoms with Gasteiger partial charge in [-0.2, -0.15) is 0 Å². The summed E-state index contributed by atoms with van der Waals surface area (Å²) in [5.74, 6) is 0.360. The Labute approximate surface area is 90.8 Å². The predicted octanol–water partition coefficient (Wildman–Crippen LogP) is 0.817. The van der Waals surface area contributed by atoms with Crippen LogP contribution in [0.4, 0.5) is 0 Å². The van der Waals surface area contributed by atoms with E-state index >= 15 is 0 Å². The molecule has 0 aliphatic carbocycles. The molecule has 1 atom stereocenters. The van der Waals surface area contributed by atoms with E-state index in [1.807, 2.05) is 13.8 Å². The van der Waals surface area contributed by atoms with E-state index in [1.165, 1.54) is 0 Å². The van der Waals surface area contributed by atoms with E-state index in [2.05, 4.69) is 10.6 Å². The van der Waals surface area contributed by atoms with Gasteiger partial charge in [0.25, 0.3) is 0 Å². The van der Waals surface area contributed by atoms with Crippen molar-refractivity contribution in [3.05, 3.63) is 0 Å². The van der Waals surface area contributed by atoms with Crippen molar-refractivity contribution < 1.29 is 9.59 Å². The minimum absolute atomic E-state index is 0.00213. The first-order chi connectivity index (χ1) is 7.09. The zero-order valence-corrected chi connectivity index (χ0v) is 9.51. The van der Waals surface area contributed by atoms with Crippen molar-refractivity contribution in [2.75, 3.05) is 6.54 Å². The highest BCUT2D eigenvalue weighted by molar-refractivity contribution is 5.87. The van der Waals surface area contributed by atoms with Crippen LogP contribution in [0.25, 0.3) is 0 Å². The maximum atomic E-state index is 11.7. The van der Waals surface area contributed by atoms with Crippen molar-refractivity contribution in [1.82, 2.24) is 10.6 Å². The van der Waals surface area contributed by atoms with E-state index in [9.17, 15) is 9.59 Å². The van der Waals surface area contributed by atoms with E-state index in [0.717, 1.165) is 12.8 Å². The van der Waals surface area contributed by atoms with Crippen molar-refractivity contribution in [2.24, 2.45) is 5.92 Å². The molecule has 0 saturated carbocycles. The molecule has 0 aromatic heterocycles. The summed E-state index contributed by atoms with van der Waals surface area (Å²) in [5, 5.41) is 5.64. The standard InChI is InChI=1S/C11H20N2O2/c1-8(2)7-9-11(15)12-6-4-3-5-10(14)13-9/h8-9H,3-7H2,1-2H3,(H,12,15)(H,13,14). The van der Waals surface area contributed by atoms with E-state index < -0.39 is 0 Å². The lowest BCUT2D eigenvalue weighted by molar-refractivity contribution is -0.128. The molecule has 1 aliphatic heterocycles. The van der Waals surface area contributed by atoms with Gasteiger partial charge in [0.1, 0.15) is 6.04 Å². The molecular formula is C11H20N2O2. The van der Waals surface area contributed by atoms with Gasteiger partial charge in [-0.1, -0.05) is 13.8 Å². The van der Waals surface area contributed by atoms with Crippen LogP contribution in [0.3, 0.4) is 0 Å². The highest BCUT2D eigenvalue weighted by Crippen LogP contribution is 2.07. The summed E-state index contributed by atoms with van der Waals surface area (Å²) in [5.41, 5.74) is 0. The van der Waals surface area contributed by atoms with Crippen molar-refractivity contribution in [2.45, 2.75) is 45.6 Å². The maximum Gasteiger partial charge on any atom is 0.242 e. The van der Waals surface area contributed by atoms with E-state index in [0.29, 0.717) is 25.3 Å². The molecule has 1 unspecified atom stereocenters. The third-order valence-corrected chi connectivity index (χ3v) is 2.49. The molecule has 0 bridgehead atoms. The average molecular weight is 212 g/mol. The van der Waals surface area contributed by atoms with Gasteiger partial charge in [0, 0.05) is 13.0 Å². The van der Waals surface area contributed by atoms with Gasteiger partial charge in [-0.05, 0) is 25.2 Å². The molecule has 2 amide bonds. The van der Waals surface area contributed by atoms with Crippen LogP contribution in [0.2, 0.25) is 0 Å². The van der Waals surface area contributed by atoms with Crippen LogP contribution in [0, 0.1) is 5.92 Å². The molecule has 86 valence electrons. The highest BCUT2D eigenvalue weighted by atomic mass is 16.2. The molecule has 0 aromatic carbocycles. The second-order valence-electron chi connectivity index (χ2n) is 4.50. The van der Waals surface area contributed by atoms with Crippen LogP contribution < -0.4 is 10.6 Å². The second-order valence-corrected chi connectivity index (χ2v) is 4.50. The third kappa shape index (κ3) is 4.32. The quantitative estimate of drug-likeness (QED) is 0.712. The fraction of sp³-hybridized carbons (Fsp3) is 0.818. The minimum Gasteiger partial charge on any atom is -0.354 e. The van der Waals surface area contributed by atoms with Crippen LogP contribution in [-0.4, -0.2) is 24.4 Å². The van der Waals surface area contributed by atoms with Gasteiger partial charge in [-0.25, -0.2) is 0 Å². The fourth-order valence-electron chi connectivity index (χ4n) is 1.71. The number of carbonyl (C=O) groups is 2. The first kappa shape index (κ1) is 12.0. The molecule has 1 fully saturated rings. The Bertz CT molecular complexity index is 239. The van der Waals surface area contributed by atoms with Crippen molar-refractivity contribution in [3.8, 4) is 0 Å². The molecule has 0 radical (unpaired) electrons. The van der Waals surface area contributed by atoms with Crippen molar-refractivity contribution in [1.29, 1.82) is 0 Å². The van der Waals surface area contributed by atoms with Gasteiger partial charge < -0.3 is 10.6 Å². The van der Waals surface area contributed by atoms with Gasteiger partial charge in [0.2, 0.25) is 11.8 Å². The number of rotatable bonds is 2. The van der Waals surface area contributed by atoms with Crippen molar-refractivity contribution >= 4 is 11.8 Å². The van der Waals surface area contributed by atoms with E-state index in [-0.39, 0.29) is 17.9 Å². The van der Waals surface area contributed by atoms with Crippen LogP contribution in [0.1, 0.15) is 39.5 Å². The summed E-state index contributed by atoms with van der Waals surface area (Å²) < 4.78 is 0. The molecule has 15 heavy (non-hydrogen) atoms. The normalized spacial score (nSPS) is 23.8. The zero-order chi connectivity index (χ0) is 11.3. The highest BCUT2D eigenvalue weighted by Gasteiger charge is 2.22. The van der Waals surface area contributed by atoms with Crippen LogP contribution in [-0.2, 0) is 9.59 Å². The zero-order valence-electron chi connectivity index (χ0n) is 9.51. The third-order valence-electron chi connectivity index (χ3n) is 2.49. The average Bonchev–Trinajstić information content (AvgIpc) is 2.20. The maximum absolute atomic E-state index is 11.7. The Morgan fingerprint density at radius 2 is 2.07 bits per heavy atom. The molecule has 2 N–H and O–H groups in total. The SMILES string of the molecule is CC(C)CC1NC(=O)CCCCNC1=O. The topological polar surface area (TPSA) is 58.2 Å². The van der Waals surface area contributed by atoms with Crippen LogP contribution in [0.5, 0.6) is 0 Å². The van der Waals surface area contributed by atoms with Crippen LogP contribution in [0.15, 0.2) is 0 Å². The molecule has 4 nitrogen and oxygen atoms in total. The Hall–Kier alpha value is -1.06. The van der Waals surface area contributed by atoms with Crippen LogP contribution >= 0.6 is 0 Å². The Morgan fingerprint density at radius 1 is 1.33 bits per heavy atom. The van der Waals surface area contributed by atoms with Gasteiger partial charge >= 0.3 is 0 Å². The summed E-state index contributed by atoms with van der Waals surface area (Å²) in [6.07, 6.45) is 2.97. The summed E-state index contributed by atoms with van der Waals surface area (Å²) in [6, 6.07) is -0.351. The van der Waals surface area contributed by atoms with E-state index in [1.54, 1.807) is 0 Å². The molecule has 0 spiro atoms. The van der Waals surface area contributed by atoms with Gasteiger partial charge in [0.05, 0.1) is 0 Å². The fourth-order valence-corrected chi connectivity index (χ4v) is 1.71.